The van der Waals surface area contributed by atoms with Crippen molar-refractivity contribution in [1.29, 1.82) is 0 Å². The molecule has 0 bridgehead atoms. The molecule has 2 aromatic rings. The van der Waals surface area contributed by atoms with E-state index in [0.717, 1.165) is 5.56 Å². The summed E-state index contributed by atoms with van der Waals surface area (Å²) in [4.78, 5) is 11.9. The van der Waals surface area contributed by atoms with Crippen molar-refractivity contribution in [3.63, 3.8) is 0 Å². The van der Waals surface area contributed by atoms with Crippen molar-refractivity contribution in [2.45, 2.75) is 19.6 Å². The molecular weight excluding hydrogens is 257 g/mol. The molecule has 0 heterocycles. The van der Waals surface area contributed by atoms with E-state index in [1.807, 2.05) is 30.3 Å². The summed E-state index contributed by atoms with van der Waals surface area (Å²) < 4.78 is 18.7. The highest BCUT2D eigenvalue weighted by Crippen LogP contribution is 2.16. The maximum absolute atomic E-state index is 13.4. The molecule has 0 fully saturated rings. The molecule has 1 amide bonds. The molecule has 0 aliphatic heterocycles. The summed E-state index contributed by atoms with van der Waals surface area (Å²) in [6.07, 6.45) is -0.754. The van der Waals surface area contributed by atoms with Gasteiger partial charge in [0.1, 0.15) is 0 Å². The van der Waals surface area contributed by atoms with Crippen LogP contribution in [0.25, 0.3) is 0 Å². The molecule has 0 aliphatic rings. The molecule has 0 saturated heterocycles. The molecule has 0 aliphatic carbocycles. The molecule has 0 saturated carbocycles. The van der Waals surface area contributed by atoms with E-state index in [1.165, 1.54) is 12.1 Å². The van der Waals surface area contributed by atoms with Crippen LogP contribution in [-0.2, 0) is 11.3 Å². The fourth-order valence-corrected chi connectivity index (χ4v) is 1.71. The summed E-state index contributed by atoms with van der Waals surface area (Å²) in [5, 5.41) is 2.75. The van der Waals surface area contributed by atoms with E-state index in [4.69, 9.17) is 4.74 Å². The molecule has 0 aromatic heterocycles. The summed E-state index contributed by atoms with van der Waals surface area (Å²) in [6, 6.07) is 15.6. The number of hydrogen-bond acceptors (Lipinski definition) is 2. The average Bonchev–Trinajstić information content (AvgIpc) is 2.48. The predicted octanol–water partition coefficient (Wildman–Crippen LogP) is 2.91. The summed E-state index contributed by atoms with van der Waals surface area (Å²) in [5.74, 6) is -0.679. The smallest absolute Gasteiger partial charge is 0.261 e. The first-order chi connectivity index (χ1) is 9.66. The van der Waals surface area contributed by atoms with Crippen LogP contribution in [0, 0.1) is 5.82 Å². The molecule has 2 rings (SSSR count). The number of halogens is 1. The lowest BCUT2D eigenvalue weighted by molar-refractivity contribution is -0.127. The first-order valence-electron chi connectivity index (χ1n) is 6.39. The Bertz CT molecular complexity index is 572. The number of rotatable bonds is 5. The Labute approximate surface area is 117 Å². The van der Waals surface area contributed by atoms with Crippen LogP contribution in [0.3, 0.4) is 0 Å². The Morgan fingerprint density at radius 2 is 1.80 bits per heavy atom. The number of carbonyl (C=O) groups excluding carboxylic acids is 1. The van der Waals surface area contributed by atoms with Crippen molar-refractivity contribution in [3.05, 3.63) is 66.0 Å². The molecular formula is C16H16FNO2. The van der Waals surface area contributed by atoms with Gasteiger partial charge in [-0.15, -0.1) is 0 Å². The highest BCUT2D eigenvalue weighted by molar-refractivity contribution is 5.80. The van der Waals surface area contributed by atoms with E-state index in [2.05, 4.69) is 5.32 Å². The maximum Gasteiger partial charge on any atom is 0.261 e. The van der Waals surface area contributed by atoms with Crippen LogP contribution >= 0.6 is 0 Å². The van der Waals surface area contributed by atoms with Crippen molar-refractivity contribution in [3.8, 4) is 5.75 Å². The van der Waals surface area contributed by atoms with Crippen molar-refractivity contribution >= 4 is 5.91 Å². The van der Waals surface area contributed by atoms with Gasteiger partial charge in [0, 0.05) is 6.54 Å². The van der Waals surface area contributed by atoms with E-state index in [1.54, 1.807) is 19.1 Å². The number of hydrogen-bond donors (Lipinski definition) is 1. The van der Waals surface area contributed by atoms with Crippen molar-refractivity contribution in [2.75, 3.05) is 0 Å². The Kier molecular flexibility index (Phi) is 4.71. The van der Waals surface area contributed by atoms with Gasteiger partial charge in [-0.3, -0.25) is 4.79 Å². The van der Waals surface area contributed by atoms with Gasteiger partial charge in [0.25, 0.3) is 5.91 Å². The minimum absolute atomic E-state index is 0.0786. The van der Waals surface area contributed by atoms with Crippen LogP contribution in [0.4, 0.5) is 4.39 Å². The summed E-state index contributed by atoms with van der Waals surface area (Å²) in [7, 11) is 0. The number of benzene rings is 2. The normalized spacial score (nSPS) is 11.7. The highest BCUT2D eigenvalue weighted by atomic mass is 19.1. The topological polar surface area (TPSA) is 38.3 Å². The van der Waals surface area contributed by atoms with Crippen molar-refractivity contribution in [2.24, 2.45) is 0 Å². The summed E-state index contributed by atoms with van der Waals surface area (Å²) >= 11 is 0. The van der Waals surface area contributed by atoms with Gasteiger partial charge >= 0.3 is 0 Å². The minimum Gasteiger partial charge on any atom is -0.478 e. The molecule has 0 spiro atoms. The number of amides is 1. The molecule has 4 heteroatoms. The second-order valence-corrected chi connectivity index (χ2v) is 4.39. The number of para-hydroxylation sites is 1. The van der Waals surface area contributed by atoms with Crippen molar-refractivity contribution < 1.29 is 13.9 Å². The lowest BCUT2D eigenvalue weighted by Crippen LogP contribution is -2.36. The van der Waals surface area contributed by atoms with Crippen LogP contribution in [0.5, 0.6) is 5.75 Å². The van der Waals surface area contributed by atoms with Crippen molar-refractivity contribution in [1.82, 2.24) is 5.32 Å². The van der Waals surface area contributed by atoms with Gasteiger partial charge in [0.2, 0.25) is 0 Å². The van der Waals surface area contributed by atoms with Gasteiger partial charge in [-0.2, -0.15) is 0 Å². The van der Waals surface area contributed by atoms with E-state index in [9.17, 15) is 9.18 Å². The second-order valence-electron chi connectivity index (χ2n) is 4.39. The fraction of sp³-hybridized carbons (Fsp3) is 0.188. The Balaban J connectivity index is 1.88. The number of carbonyl (C=O) groups is 1. The number of ether oxygens (including phenoxy) is 1. The van der Waals surface area contributed by atoms with Gasteiger partial charge in [-0.1, -0.05) is 42.5 Å². The minimum atomic E-state index is -0.754. The third kappa shape index (κ3) is 3.82. The molecule has 104 valence electrons. The molecule has 0 unspecified atom stereocenters. The number of nitrogens with one attached hydrogen (secondary N) is 1. The Morgan fingerprint density at radius 1 is 1.15 bits per heavy atom. The van der Waals surface area contributed by atoms with E-state index >= 15 is 0 Å². The average molecular weight is 273 g/mol. The zero-order valence-corrected chi connectivity index (χ0v) is 11.2. The van der Waals surface area contributed by atoms with Crippen LogP contribution in [-0.4, -0.2) is 12.0 Å². The maximum atomic E-state index is 13.4. The van der Waals surface area contributed by atoms with Crippen LogP contribution in [0.2, 0.25) is 0 Å². The standard InChI is InChI=1S/C16H16FNO2/c1-12(20-15-10-6-5-9-14(15)17)16(19)18-11-13-7-3-2-4-8-13/h2-10,12H,11H2,1H3,(H,18,19)/t12-/m0/s1. The first-order valence-corrected chi connectivity index (χ1v) is 6.39. The van der Waals surface area contributed by atoms with Gasteiger partial charge < -0.3 is 10.1 Å². The van der Waals surface area contributed by atoms with Gasteiger partial charge in [0.15, 0.2) is 17.7 Å². The first kappa shape index (κ1) is 14.1. The monoisotopic (exact) mass is 273 g/mol. The molecule has 1 atom stereocenters. The molecule has 3 nitrogen and oxygen atoms in total. The van der Waals surface area contributed by atoms with Gasteiger partial charge in [-0.25, -0.2) is 4.39 Å². The van der Waals surface area contributed by atoms with E-state index in [0.29, 0.717) is 6.54 Å². The molecule has 20 heavy (non-hydrogen) atoms. The molecule has 2 aromatic carbocycles. The van der Waals surface area contributed by atoms with Crippen LogP contribution in [0.15, 0.2) is 54.6 Å². The van der Waals surface area contributed by atoms with E-state index in [-0.39, 0.29) is 11.7 Å². The van der Waals surface area contributed by atoms with Gasteiger partial charge in [-0.05, 0) is 24.6 Å². The fourth-order valence-electron chi connectivity index (χ4n) is 1.71. The quantitative estimate of drug-likeness (QED) is 0.909. The van der Waals surface area contributed by atoms with Gasteiger partial charge in [0.05, 0.1) is 0 Å². The highest BCUT2D eigenvalue weighted by Gasteiger charge is 2.15. The van der Waals surface area contributed by atoms with E-state index < -0.39 is 11.9 Å². The Hall–Kier alpha value is -2.36. The third-order valence-electron chi connectivity index (χ3n) is 2.82. The summed E-state index contributed by atoms with van der Waals surface area (Å²) in [6.45, 7) is 2.01. The largest absolute Gasteiger partial charge is 0.478 e. The molecule has 0 radical (unpaired) electrons. The lowest BCUT2D eigenvalue weighted by atomic mass is 10.2. The Morgan fingerprint density at radius 3 is 2.50 bits per heavy atom. The third-order valence-corrected chi connectivity index (χ3v) is 2.82. The lowest BCUT2D eigenvalue weighted by Gasteiger charge is -2.15. The predicted molar refractivity (Wildman–Crippen MR) is 74.8 cm³/mol. The SMILES string of the molecule is C[C@H](Oc1ccccc1F)C(=O)NCc1ccccc1. The second kappa shape index (κ2) is 6.70. The zero-order chi connectivity index (χ0) is 14.4. The zero-order valence-electron chi connectivity index (χ0n) is 11.2. The molecule has 1 N–H and O–H groups in total. The van der Waals surface area contributed by atoms with Crippen LogP contribution in [0.1, 0.15) is 12.5 Å². The van der Waals surface area contributed by atoms with Crippen LogP contribution < -0.4 is 10.1 Å². The summed E-state index contributed by atoms with van der Waals surface area (Å²) in [5.41, 5.74) is 0.999.